The van der Waals surface area contributed by atoms with Gasteiger partial charge in [-0.25, -0.2) is 0 Å². The van der Waals surface area contributed by atoms with Crippen LogP contribution in [0.1, 0.15) is 18.3 Å². The number of halogens is 1. The first-order valence-electron chi connectivity index (χ1n) is 4.97. The Balaban J connectivity index is 2.80. The Morgan fingerprint density at radius 2 is 2.27 bits per heavy atom. The van der Waals surface area contributed by atoms with Gasteiger partial charge in [-0.2, -0.15) is 5.10 Å². The standard InChI is InChI=1S/C10H17ClN2O2/c1-4-8-10(11)9(13(2)12-8)5-7(14)6-15-3/h7,14H,4-6H2,1-3H3. The highest BCUT2D eigenvalue weighted by Gasteiger charge is 2.16. The Hall–Kier alpha value is -0.580. The minimum absolute atomic E-state index is 0.308. The molecule has 5 heteroatoms. The van der Waals surface area contributed by atoms with Gasteiger partial charge in [0.1, 0.15) is 0 Å². The van der Waals surface area contributed by atoms with E-state index < -0.39 is 6.10 Å². The third kappa shape index (κ3) is 2.93. The molecule has 0 saturated heterocycles. The second kappa shape index (κ2) is 5.49. The first-order valence-corrected chi connectivity index (χ1v) is 5.35. The van der Waals surface area contributed by atoms with Crippen LogP contribution in [0, 0.1) is 0 Å². The lowest BCUT2D eigenvalue weighted by atomic mass is 10.2. The number of hydrogen-bond acceptors (Lipinski definition) is 3. The summed E-state index contributed by atoms with van der Waals surface area (Å²) in [5, 5.41) is 14.5. The van der Waals surface area contributed by atoms with E-state index in [1.165, 1.54) is 0 Å². The Morgan fingerprint density at radius 1 is 1.60 bits per heavy atom. The van der Waals surface area contributed by atoms with Crippen molar-refractivity contribution in [3.8, 4) is 0 Å². The Labute approximate surface area is 94.8 Å². The van der Waals surface area contributed by atoms with Gasteiger partial charge in [0.25, 0.3) is 0 Å². The van der Waals surface area contributed by atoms with Gasteiger partial charge in [0, 0.05) is 20.6 Å². The predicted octanol–water partition coefficient (Wildman–Crippen LogP) is 1.19. The second-order valence-electron chi connectivity index (χ2n) is 3.50. The number of aromatic nitrogens is 2. The molecule has 0 fully saturated rings. The molecular formula is C10H17ClN2O2. The predicted molar refractivity (Wildman–Crippen MR) is 59.2 cm³/mol. The summed E-state index contributed by atoms with van der Waals surface area (Å²) >= 11 is 6.14. The van der Waals surface area contributed by atoms with Gasteiger partial charge in [-0.15, -0.1) is 0 Å². The summed E-state index contributed by atoms with van der Waals surface area (Å²) in [7, 11) is 3.39. The first-order chi connectivity index (χ1) is 7.10. The topological polar surface area (TPSA) is 47.3 Å². The molecule has 1 unspecified atom stereocenters. The molecule has 15 heavy (non-hydrogen) atoms. The molecule has 1 aromatic heterocycles. The van der Waals surface area contributed by atoms with Crippen molar-refractivity contribution < 1.29 is 9.84 Å². The molecule has 1 atom stereocenters. The zero-order chi connectivity index (χ0) is 11.4. The SMILES string of the molecule is CCc1nn(C)c(CC(O)COC)c1Cl. The van der Waals surface area contributed by atoms with Gasteiger partial charge in [0.15, 0.2) is 0 Å². The summed E-state index contributed by atoms with van der Waals surface area (Å²) in [5.41, 5.74) is 1.73. The van der Waals surface area contributed by atoms with Gasteiger partial charge < -0.3 is 9.84 Å². The van der Waals surface area contributed by atoms with E-state index in [0.717, 1.165) is 17.8 Å². The molecule has 1 N–H and O–H groups in total. The molecule has 1 rings (SSSR count). The van der Waals surface area contributed by atoms with Gasteiger partial charge in [0.2, 0.25) is 0 Å². The smallest absolute Gasteiger partial charge is 0.0850 e. The number of aliphatic hydroxyl groups is 1. The molecule has 0 bridgehead atoms. The second-order valence-corrected chi connectivity index (χ2v) is 3.88. The van der Waals surface area contributed by atoms with E-state index in [1.54, 1.807) is 11.8 Å². The number of nitrogens with zero attached hydrogens (tertiary/aromatic N) is 2. The summed E-state index contributed by atoms with van der Waals surface area (Å²) < 4.78 is 6.59. The molecule has 4 nitrogen and oxygen atoms in total. The average molecular weight is 233 g/mol. The quantitative estimate of drug-likeness (QED) is 0.830. The fourth-order valence-corrected chi connectivity index (χ4v) is 1.89. The minimum atomic E-state index is -0.535. The van der Waals surface area contributed by atoms with Crippen molar-refractivity contribution in [1.82, 2.24) is 9.78 Å². The summed E-state index contributed by atoms with van der Waals surface area (Å²) in [6.07, 6.45) is 0.732. The molecule has 1 heterocycles. The highest BCUT2D eigenvalue weighted by Crippen LogP contribution is 2.21. The fraction of sp³-hybridized carbons (Fsp3) is 0.700. The van der Waals surface area contributed by atoms with Crippen molar-refractivity contribution in [3.05, 3.63) is 16.4 Å². The van der Waals surface area contributed by atoms with E-state index in [2.05, 4.69) is 5.10 Å². The molecule has 0 aromatic carbocycles. The van der Waals surface area contributed by atoms with Crippen molar-refractivity contribution in [3.63, 3.8) is 0 Å². The van der Waals surface area contributed by atoms with Crippen LogP contribution < -0.4 is 0 Å². The van der Waals surface area contributed by atoms with Crippen molar-refractivity contribution in [2.75, 3.05) is 13.7 Å². The van der Waals surface area contributed by atoms with Gasteiger partial charge in [-0.1, -0.05) is 18.5 Å². The molecule has 1 aromatic rings. The normalized spacial score (nSPS) is 13.1. The monoisotopic (exact) mass is 232 g/mol. The van der Waals surface area contributed by atoms with Crippen molar-refractivity contribution >= 4 is 11.6 Å². The number of rotatable bonds is 5. The Kier molecular flexibility index (Phi) is 4.57. The average Bonchev–Trinajstić information content (AvgIpc) is 2.45. The zero-order valence-electron chi connectivity index (χ0n) is 9.33. The molecule has 0 radical (unpaired) electrons. The van der Waals surface area contributed by atoms with E-state index in [4.69, 9.17) is 16.3 Å². The maximum absolute atomic E-state index is 9.61. The van der Waals surface area contributed by atoms with Crippen LogP contribution in [0.2, 0.25) is 5.02 Å². The molecule has 0 amide bonds. The number of aliphatic hydroxyl groups excluding tert-OH is 1. The van der Waals surface area contributed by atoms with Crippen LogP contribution >= 0.6 is 11.6 Å². The van der Waals surface area contributed by atoms with Crippen molar-refractivity contribution in [1.29, 1.82) is 0 Å². The molecule has 0 saturated carbocycles. The summed E-state index contributed by atoms with van der Waals surface area (Å²) in [4.78, 5) is 0. The Bertz CT molecular complexity index is 325. The van der Waals surface area contributed by atoms with Gasteiger partial charge in [0.05, 0.1) is 29.1 Å². The lowest BCUT2D eigenvalue weighted by Gasteiger charge is -2.09. The molecule has 0 aliphatic carbocycles. The molecule has 86 valence electrons. The fourth-order valence-electron chi connectivity index (χ4n) is 1.52. The first kappa shape index (κ1) is 12.5. The third-order valence-corrected chi connectivity index (χ3v) is 2.73. The highest BCUT2D eigenvalue weighted by molar-refractivity contribution is 6.31. The lowest BCUT2D eigenvalue weighted by molar-refractivity contribution is 0.0639. The third-order valence-electron chi connectivity index (χ3n) is 2.29. The maximum atomic E-state index is 9.61. The summed E-state index contributed by atoms with van der Waals surface area (Å²) in [5.74, 6) is 0. The van der Waals surface area contributed by atoms with Crippen molar-refractivity contribution in [2.24, 2.45) is 7.05 Å². The summed E-state index contributed by atoms with van der Waals surface area (Å²) in [6, 6.07) is 0. The molecular weight excluding hydrogens is 216 g/mol. The van der Waals surface area contributed by atoms with Crippen LogP contribution in [-0.2, 0) is 24.6 Å². The highest BCUT2D eigenvalue weighted by atomic mass is 35.5. The van der Waals surface area contributed by atoms with Gasteiger partial charge >= 0.3 is 0 Å². The van der Waals surface area contributed by atoms with E-state index in [1.807, 2.05) is 14.0 Å². The van der Waals surface area contributed by atoms with Gasteiger partial charge in [-0.3, -0.25) is 4.68 Å². The zero-order valence-corrected chi connectivity index (χ0v) is 10.1. The number of ether oxygens (including phenoxy) is 1. The van der Waals surface area contributed by atoms with E-state index >= 15 is 0 Å². The minimum Gasteiger partial charge on any atom is -0.390 e. The van der Waals surface area contributed by atoms with E-state index in [-0.39, 0.29) is 0 Å². The van der Waals surface area contributed by atoms with Crippen LogP contribution in [0.15, 0.2) is 0 Å². The van der Waals surface area contributed by atoms with Gasteiger partial charge in [-0.05, 0) is 6.42 Å². The van der Waals surface area contributed by atoms with Crippen LogP contribution in [0.5, 0.6) is 0 Å². The number of aryl methyl sites for hydroxylation is 2. The number of methoxy groups -OCH3 is 1. The summed E-state index contributed by atoms with van der Waals surface area (Å²) in [6.45, 7) is 2.31. The molecule has 0 aliphatic rings. The molecule has 0 aliphatic heterocycles. The molecule has 0 spiro atoms. The van der Waals surface area contributed by atoms with Crippen LogP contribution in [0.3, 0.4) is 0 Å². The van der Waals surface area contributed by atoms with Crippen LogP contribution in [0.25, 0.3) is 0 Å². The van der Waals surface area contributed by atoms with Crippen molar-refractivity contribution in [2.45, 2.75) is 25.9 Å². The maximum Gasteiger partial charge on any atom is 0.0850 e. The van der Waals surface area contributed by atoms with E-state index in [9.17, 15) is 5.11 Å². The van der Waals surface area contributed by atoms with Crippen LogP contribution in [0.4, 0.5) is 0 Å². The number of hydrogen-bond donors (Lipinski definition) is 1. The van der Waals surface area contributed by atoms with E-state index in [0.29, 0.717) is 18.1 Å². The Morgan fingerprint density at radius 3 is 2.73 bits per heavy atom. The lowest BCUT2D eigenvalue weighted by Crippen LogP contribution is -2.18. The van der Waals surface area contributed by atoms with Crippen LogP contribution in [-0.4, -0.2) is 34.7 Å². The largest absolute Gasteiger partial charge is 0.390 e.